The minimum atomic E-state index is -0.238. The van der Waals surface area contributed by atoms with E-state index in [0.29, 0.717) is 46.9 Å². The van der Waals surface area contributed by atoms with Crippen molar-refractivity contribution in [3.63, 3.8) is 0 Å². The third-order valence-electron chi connectivity index (χ3n) is 4.07. The van der Waals surface area contributed by atoms with Gasteiger partial charge in [0.1, 0.15) is 0 Å². The maximum atomic E-state index is 12.6. The van der Waals surface area contributed by atoms with Crippen molar-refractivity contribution in [3.8, 4) is 11.5 Å². The molecule has 162 valence electrons. The Balaban J connectivity index is 2.04. The molecule has 2 rings (SSSR count). The summed E-state index contributed by atoms with van der Waals surface area (Å²) in [5, 5.41) is 5.74. The van der Waals surface area contributed by atoms with E-state index in [0.717, 1.165) is 12.0 Å². The molecule has 2 amide bonds. The highest BCUT2D eigenvalue weighted by Crippen LogP contribution is 2.36. The molecule has 0 fully saturated rings. The highest BCUT2D eigenvalue weighted by atomic mass is 79.9. The first-order valence-corrected chi connectivity index (χ1v) is 10.4. The molecule has 0 radical (unpaired) electrons. The van der Waals surface area contributed by atoms with Gasteiger partial charge in [-0.05, 0) is 66.3 Å². The predicted octanol–water partition coefficient (Wildman–Crippen LogP) is 3.68. The SMILES string of the molecule is CCCOc1c(Br)cc(C(=O)NCc2cccc(NC(=O)CN(C)C)c2)cc1OC. The van der Waals surface area contributed by atoms with Crippen LogP contribution in [0, 0.1) is 0 Å². The zero-order valence-electron chi connectivity index (χ0n) is 17.8. The van der Waals surface area contributed by atoms with Crippen molar-refractivity contribution >= 4 is 33.4 Å². The smallest absolute Gasteiger partial charge is 0.251 e. The molecule has 30 heavy (non-hydrogen) atoms. The third kappa shape index (κ3) is 7.03. The largest absolute Gasteiger partial charge is 0.493 e. The summed E-state index contributed by atoms with van der Waals surface area (Å²) in [5.74, 6) is 0.743. The number of hydrogen-bond donors (Lipinski definition) is 2. The molecule has 8 heteroatoms. The molecular formula is C22H28BrN3O4. The summed E-state index contributed by atoms with van der Waals surface area (Å²) in [7, 11) is 5.21. The predicted molar refractivity (Wildman–Crippen MR) is 121 cm³/mol. The average Bonchev–Trinajstić information content (AvgIpc) is 2.70. The van der Waals surface area contributed by atoms with Crippen LogP contribution in [0.4, 0.5) is 5.69 Å². The molecule has 0 aliphatic heterocycles. The molecule has 2 N–H and O–H groups in total. The number of carbonyl (C=O) groups excluding carboxylic acids is 2. The summed E-state index contributed by atoms with van der Waals surface area (Å²) in [5.41, 5.74) is 2.02. The number of hydrogen-bond acceptors (Lipinski definition) is 5. The summed E-state index contributed by atoms with van der Waals surface area (Å²) in [6, 6.07) is 10.7. The number of anilines is 1. The van der Waals surface area contributed by atoms with Crippen molar-refractivity contribution in [2.45, 2.75) is 19.9 Å². The van der Waals surface area contributed by atoms with E-state index < -0.39 is 0 Å². The Bertz CT molecular complexity index is 887. The van der Waals surface area contributed by atoms with E-state index in [1.807, 2.05) is 45.3 Å². The van der Waals surface area contributed by atoms with Gasteiger partial charge in [-0.15, -0.1) is 0 Å². The monoisotopic (exact) mass is 477 g/mol. The topological polar surface area (TPSA) is 79.9 Å². The summed E-state index contributed by atoms with van der Waals surface area (Å²) in [6.45, 7) is 3.20. The van der Waals surface area contributed by atoms with Crippen LogP contribution in [0.1, 0.15) is 29.3 Å². The van der Waals surface area contributed by atoms with E-state index in [2.05, 4.69) is 26.6 Å². The molecular weight excluding hydrogens is 450 g/mol. The Kier molecular flexibility index (Phi) is 9.14. The van der Waals surface area contributed by atoms with Crippen LogP contribution in [0.15, 0.2) is 40.9 Å². The molecule has 2 aromatic rings. The number of benzene rings is 2. The lowest BCUT2D eigenvalue weighted by molar-refractivity contribution is -0.116. The van der Waals surface area contributed by atoms with Crippen molar-refractivity contribution in [3.05, 3.63) is 52.0 Å². The summed E-state index contributed by atoms with van der Waals surface area (Å²) < 4.78 is 11.7. The lowest BCUT2D eigenvalue weighted by atomic mass is 10.1. The first-order valence-electron chi connectivity index (χ1n) is 9.66. The van der Waals surface area contributed by atoms with E-state index in [9.17, 15) is 9.59 Å². The number of carbonyl (C=O) groups is 2. The van der Waals surface area contributed by atoms with Crippen LogP contribution in [-0.2, 0) is 11.3 Å². The fourth-order valence-corrected chi connectivity index (χ4v) is 3.28. The molecule has 0 saturated heterocycles. The molecule has 0 aliphatic rings. The Morgan fingerprint density at radius 1 is 1.17 bits per heavy atom. The average molecular weight is 478 g/mol. The molecule has 0 bridgehead atoms. The standard InChI is InChI=1S/C22H28BrN3O4/c1-5-9-30-21-18(23)11-16(12-19(21)29-4)22(28)24-13-15-7-6-8-17(10-15)25-20(27)14-26(2)3/h6-8,10-12H,5,9,13-14H2,1-4H3,(H,24,28)(H,25,27). The van der Waals surface area contributed by atoms with E-state index >= 15 is 0 Å². The lowest BCUT2D eigenvalue weighted by Crippen LogP contribution is -2.27. The van der Waals surface area contributed by atoms with Gasteiger partial charge < -0.3 is 25.0 Å². The van der Waals surface area contributed by atoms with Crippen LogP contribution in [0.5, 0.6) is 11.5 Å². The number of amides is 2. The van der Waals surface area contributed by atoms with Crippen LogP contribution in [0.3, 0.4) is 0 Å². The summed E-state index contributed by atoms with van der Waals surface area (Å²) in [6.07, 6.45) is 0.868. The third-order valence-corrected chi connectivity index (χ3v) is 4.65. The van der Waals surface area contributed by atoms with E-state index in [4.69, 9.17) is 9.47 Å². The maximum Gasteiger partial charge on any atom is 0.251 e. The minimum absolute atomic E-state index is 0.0940. The van der Waals surface area contributed by atoms with Crippen molar-refractivity contribution in [1.29, 1.82) is 0 Å². The Hall–Kier alpha value is -2.58. The lowest BCUT2D eigenvalue weighted by Gasteiger charge is -2.14. The molecule has 0 saturated carbocycles. The van der Waals surface area contributed by atoms with Gasteiger partial charge in [0.25, 0.3) is 5.91 Å². The van der Waals surface area contributed by atoms with Gasteiger partial charge in [-0.25, -0.2) is 0 Å². The second-order valence-electron chi connectivity index (χ2n) is 7.01. The first kappa shape index (κ1) is 23.7. The van der Waals surface area contributed by atoms with Gasteiger partial charge in [0.15, 0.2) is 11.5 Å². The zero-order chi connectivity index (χ0) is 22.1. The fourth-order valence-electron chi connectivity index (χ4n) is 2.73. The van der Waals surface area contributed by atoms with Crippen molar-refractivity contribution in [2.75, 3.05) is 39.7 Å². The zero-order valence-corrected chi connectivity index (χ0v) is 19.3. The van der Waals surface area contributed by atoms with E-state index in [1.54, 1.807) is 24.1 Å². The van der Waals surface area contributed by atoms with Crippen LogP contribution in [0.2, 0.25) is 0 Å². The Labute approximate surface area is 185 Å². The van der Waals surface area contributed by atoms with Gasteiger partial charge in [0, 0.05) is 17.8 Å². The molecule has 0 aliphatic carbocycles. The number of nitrogens with one attached hydrogen (secondary N) is 2. The second kappa shape index (κ2) is 11.6. The first-order chi connectivity index (χ1) is 14.3. The summed E-state index contributed by atoms with van der Waals surface area (Å²) in [4.78, 5) is 26.4. The van der Waals surface area contributed by atoms with Gasteiger partial charge >= 0.3 is 0 Å². The van der Waals surface area contributed by atoms with Crippen molar-refractivity contribution in [2.24, 2.45) is 0 Å². The fraction of sp³-hybridized carbons (Fsp3) is 0.364. The molecule has 2 aromatic carbocycles. The molecule has 0 heterocycles. The van der Waals surface area contributed by atoms with Crippen molar-refractivity contribution in [1.82, 2.24) is 10.2 Å². The molecule has 0 spiro atoms. The van der Waals surface area contributed by atoms with Crippen LogP contribution in [-0.4, -0.2) is 51.1 Å². The van der Waals surface area contributed by atoms with Gasteiger partial charge in [0.05, 0.1) is 24.7 Å². The second-order valence-corrected chi connectivity index (χ2v) is 7.86. The Morgan fingerprint density at radius 3 is 2.60 bits per heavy atom. The number of nitrogens with zero attached hydrogens (tertiary/aromatic N) is 1. The number of methoxy groups -OCH3 is 1. The van der Waals surface area contributed by atoms with Gasteiger partial charge in [-0.2, -0.15) is 0 Å². The normalized spacial score (nSPS) is 10.6. The van der Waals surface area contributed by atoms with Gasteiger partial charge in [-0.3, -0.25) is 9.59 Å². The molecule has 7 nitrogen and oxygen atoms in total. The summed E-state index contributed by atoms with van der Waals surface area (Å²) >= 11 is 3.45. The number of rotatable bonds is 10. The van der Waals surface area contributed by atoms with Crippen LogP contribution >= 0.6 is 15.9 Å². The Morgan fingerprint density at radius 2 is 1.93 bits per heavy atom. The number of halogens is 1. The number of likely N-dealkylation sites (N-methyl/N-ethyl adjacent to an activating group) is 1. The van der Waals surface area contributed by atoms with Crippen LogP contribution in [0.25, 0.3) is 0 Å². The molecule has 0 atom stereocenters. The number of ether oxygens (including phenoxy) is 2. The molecule has 0 unspecified atom stereocenters. The molecule has 0 aromatic heterocycles. The van der Waals surface area contributed by atoms with E-state index in [1.165, 1.54) is 0 Å². The van der Waals surface area contributed by atoms with Gasteiger partial charge in [-0.1, -0.05) is 19.1 Å². The minimum Gasteiger partial charge on any atom is -0.493 e. The van der Waals surface area contributed by atoms with E-state index in [-0.39, 0.29) is 11.8 Å². The van der Waals surface area contributed by atoms with Gasteiger partial charge in [0.2, 0.25) is 5.91 Å². The highest BCUT2D eigenvalue weighted by Gasteiger charge is 2.15. The quantitative estimate of drug-likeness (QED) is 0.545. The van der Waals surface area contributed by atoms with Crippen LogP contribution < -0.4 is 20.1 Å². The van der Waals surface area contributed by atoms with Crippen molar-refractivity contribution < 1.29 is 19.1 Å². The maximum absolute atomic E-state index is 12.6. The highest BCUT2D eigenvalue weighted by molar-refractivity contribution is 9.10.